The molecule has 0 unspecified atom stereocenters. The maximum Gasteiger partial charge on any atom is 0.340 e. The van der Waals surface area contributed by atoms with E-state index in [1.165, 1.54) is 4.90 Å². The second-order valence-electron chi connectivity index (χ2n) is 6.29. The molecule has 0 aliphatic carbocycles. The van der Waals surface area contributed by atoms with Crippen LogP contribution in [0.5, 0.6) is 0 Å². The first-order valence-corrected chi connectivity index (χ1v) is 10.7. The fraction of sp³-hybridized carbons (Fsp3) is 0.0870. The fourth-order valence-corrected chi connectivity index (χ4v) is 3.99. The summed E-state index contributed by atoms with van der Waals surface area (Å²) in [5.41, 5.74) is 1.89. The first-order valence-electron chi connectivity index (χ1n) is 9.24. The third-order valence-corrected chi connectivity index (χ3v) is 5.81. The molecular weight excluding hydrogens is 384 g/mol. The third kappa shape index (κ3) is 5.12. The number of carbonyl (C=O) groups excluding carboxylic acids is 1. The fourth-order valence-electron chi connectivity index (χ4n) is 2.87. The van der Waals surface area contributed by atoms with E-state index in [0.717, 1.165) is 5.56 Å². The van der Waals surface area contributed by atoms with Crippen LogP contribution in [0.2, 0.25) is 0 Å². The van der Waals surface area contributed by atoms with Crippen molar-refractivity contribution in [3.63, 3.8) is 0 Å². The van der Waals surface area contributed by atoms with Crippen LogP contribution in [0.4, 0.5) is 16.2 Å². The van der Waals surface area contributed by atoms with Gasteiger partial charge in [-0.15, -0.1) is 0 Å². The van der Waals surface area contributed by atoms with Crippen LogP contribution in [-0.2, 0) is 10.0 Å². The first-order chi connectivity index (χ1) is 14.0. The van der Waals surface area contributed by atoms with Crippen molar-refractivity contribution in [3.05, 3.63) is 101 Å². The van der Waals surface area contributed by atoms with E-state index < -0.39 is 16.1 Å². The lowest BCUT2D eigenvalue weighted by atomic mass is 10.2. The predicted molar refractivity (Wildman–Crippen MR) is 117 cm³/mol. The number of benzene rings is 3. The summed E-state index contributed by atoms with van der Waals surface area (Å²) in [6.07, 6.45) is 1.83. The van der Waals surface area contributed by atoms with Gasteiger partial charge < -0.3 is 0 Å². The number of nitrogens with one attached hydrogen (secondary N) is 1. The molecule has 5 nitrogen and oxygen atoms in total. The van der Waals surface area contributed by atoms with Crippen molar-refractivity contribution < 1.29 is 13.2 Å². The number of urea groups is 1. The molecule has 0 bridgehead atoms. The number of rotatable bonds is 6. The Morgan fingerprint density at radius 3 is 1.72 bits per heavy atom. The highest BCUT2D eigenvalue weighted by Crippen LogP contribution is 2.25. The predicted octanol–water partition coefficient (Wildman–Crippen LogP) is 5.32. The van der Waals surface area contributed by atoms with Gasteiger partial charge in [-0.2, -0.15) is 0 Å². The summed E-state index contributed by atoms with van der Waals surface area (Å²) >= 11 is 0. The van der Waals surface area contributed by atoms with Gasteiger partial charge >= 0.3 is 6.03 Å². The Labute approximate surface area is 171 Å². The van der Waals surface area contributed by atoms with Crippen molar-refractivity contribution in [2.24, 2.45) is 0 Å². The maximum atomic E-state index is 13.0. The minimum atomic E-state index is -4.01. The number of allylic oxidation sites excluding steroid dienone is 1. The van der Waals surface area contributed by atoms with Crippen LogP contribution in [0.1, 0.15) is 18.9 Å². The highest BCUT2D eigenvalue weighted by molar-refractivity contribution is 7.94. The van der Waals surface area contributed by atoms with Crippen LogP contribution < -0.4 is 9.62 Å². The van der Waals surface area contributed by atoms with Gasteiger partial charge in [0, 0.05) is 0 Å². The summed E-state index contributed by atoms with van der Waals surface area (Å²) in [6.45, 7) is 1.74. The van der Waals surface area contributed by atoms with Crippen molar-refractivity contribution in [2.45, 2.75) is 13.3 Å². The summed E-state index contributed by atoms with van der Waals surface area (Å²) in [5, 5.41) is 0. The van der Waals surface area contributed by atoms with E-state index in [0.29, 0.717) is 11.4 Å². The first kappa shape index (κ1) is 20.4. The molecule has 3 aromatic carbocycles. The van der Waals surface area contributed by atoms with Gasteiger partial charge in [0.05, 0.1) is 16.3 Å². The largest absolute Gasteiger partial charge is 0.340 e. The Morgan fingerprint density at radius 1 is 0.828 bits per heavy atom. The molecule has 3 rings (SSSR count). The summed E-state index contributed by atoms with van der Waals surface area (Å²) in [4.78, 5) is 14.5. The average Bonchev–Trinajstić information content (AvgIpc) is 2.74. The van der Waals surface area contributed by atoms with E-state index in [-0.39, 0.29) is 11.3 Å². The van der Waals surface area contributed by atoms with Gasteiger partial charge in [0.2, 0.25) is 0 Å². The molecule has 148 valence electrons. The maximum absolute atomic E-state index is 13.0. The van der Waals surface area contributed by atoms with E-state index >= 15 is 0 Å². The number of amides is 2. The Morgan fingerprint density at radius 2 is 1.28 bits per heavy atom. The molecule has 0 radical (unpaired) electrons. The Kier molecular flexibility index (Phi) is 6.46. The van der Waals surface area contributed by atoms with Crippen molar-refractivity contribution in [2.75, 3.05) is 4.90 Å². The van der Waals surface area contributed by atoms with Crippen LogP contribution in [0.15, 0.2) is 95.9 Å². The number of nitrogens with zero attached hydrogens (tertiary/aromatic N) is 1. The molecule has 0 aromatic heterocycles. The molecule has 1 N–H and O–H groups in total. The number of anilines is 2. The monoisotopic (exact) mass is 406 g/mol. The molecule has 2 amide bonds. The lowest BCUT2D eigenvalue weighted by Gasteiger charge is -2.23. The van der Waals surface area contributed by atoms with Crippen molar-refractivity contribution in [1.29, 1.82) is 0 Å². The van der Waals surface area contributed by atoms with E-state index in [4.69, 9.17) is 0 Å². The van der Waals surface area contributed by atoms with Gasteiger partial charge in [0.1, 0.15) is 0 Å². The molecule has 29 heavy (non-hydrogen) atoms. The second kappa shape index (κ2) is 9.21. The molecule has 3 aromatic rings. The van der Waals surface area contributed by atoms with Gasteiger partial charge in [0.25, 0.3) is 10.0 Å². The molecule has 0 aliphatic heterocycles. The molecule has 0 fully saturated rings. The molecule has 0 saturated heterocycles. The second-order valence-corrected chi connectivity index (χ2v) is 8.03. The van der Waals surface area contributed by atoms with E-state index in [1.54, 1.807) is 61.5 Å². The molecule has 0 atom stereocenters. The smallest absolute Gasteiger partial charge is 0.262 e. The Hall–Kier alpha value is -3.38. The van der Waals surface area contributed by atoms with Crippen LogP contribution in [0.25, 0.3) is 6.08 Å². The topological polar surface area (TPSA) is 66.5 Å². The zero-order valence-corrected chi connectivity index (χ0v) is 16.8. The number of hydrogen-bond donors (Lipinski definition) is 1. The van der Waals surface area contributed by atoms with E-state index in [9.17, 15) is 13.2 Å². The van der Waals surface area contributed by atoms with Crippen molar-refractivity contribution in [3.8, 4) is 0 Å². The molecule has 6 heteroatoms. The zero-order chi connectivity index (χ0) is 20.7. The average molecular weight is 407 g/mol. The number of sulfonamides is 1. The Bertz CT molecular complexity index is 1040. The number of hydrogen-bond acceptors (Lipinski definition) is 3. The normalized spacial score (nSPS) is 11.7. The minimum absolute atomic E-state index is 0.137. The van der Waals surface area contributed by atoms with Gasteiger partial charge in [-0.1, -0.05) is 73.7 Å². The summed E-state index contributed by atoms with van der Waals surface area (Å²) in [5.74, 6) is 0. The SMILES string of the molecule is CC/C(=C\c1ccccc1)S(=O)(=O)NC(=O)N(c1ccccc1)c1ccccc1. The lowest BCUT2D eigenvalue weighted by molar-refractivity contribution is 0.253. The zero-order valence-electron chi connectivity index (χ0n) is 16.0. The van der Waals surface area contributed by atoms with Crippen LogP contribution in [-0.4, -0.2) is 14.4 Å². The third-order valence-electron chi connectivity index (χ3n) is 4.27. The summed E-state index contributed by atoms with van der Waals surface area (Å²) in [7, 11) is -4.01. The minimum Gasteiger partial charge on any atom is -0.262 e. The highest BCUT2D eigenvalue weighted by Gasteiger charge is 2.25. The molecule has 0 heterocycles. The van der Waals surface area contributed by atoms with Gasteiger partial charge in [-0.05, 0) is 42.3 Å². The van der Waals surface area contributed by atoms with E-state index in [2.05, 4.69) is 4.72 Å². The number of carbonyl (C=O) groups is 1. The molecular formula is C23H22N2O3S. The van der Waals surface area contributed by atoms with Crippen molar-refractivity contribution in [1.82, 2.24) is 4.72 Å². The van der Waals surface area contributed by atoms with Gasteiger partial charge in [-0.25, -0.2) is 17.9 Å². The molecule has 0 spiro atoms. The van der Waals surface area contributed by atoms with Gasteiger partial charge in [0.15, 0.2) is 0 Å². The quantitative estimate of drug-likeness (QED) is 0.603. The summed E-state index contributed by atoms with van der Waals surface area (Å²) in [6, 6.07) is 26.2. The Balaban J connectivity index is 1.93. The van der Waals surface area contributed by atoms with Crippen LogP contribution >= 0.6 is 0 Å². The lowest BCUT2D eigenvalue weighted by Crippen LogP contribution is -2.40. The number of para-hydroxylation sites is 2. The summed E-state index contributed by atoms with van der Waals surface area (Å²) < 4.78 is 28.0. The van der Waals surface area contributed by atoms with Crippen molar-refractivity contribution >= 4 is 33.5 Å². The van der Waals surface area contributed by atoms with Crippen LogP contribution in [0, 0.1) is 0 Å². The standard InChI is InChI=1S/C23H22N2O3S/c1-2-22(18-19-12-6-3-7-13-19)29(27,28)24-23(26)25(20-14-8-4-9-15-20)21-16-10-5-11-17-21/h3-18H,2H2,1H3,(H,24,26)/b22-18+. The van der Waals surface area contributed by atoms with Gasteiger partial charge in [-0.3, -0.25) is 4.90 Å². The van der Waals surface area contributed by atoms with E-state index in [1.807, 2.05) is 42.5 Å². The van der Waals surface area contributed by atoms with Crippen LogP contribution in [0.3, 0.4) is 0 Å². The molecule has 0 aliphatic rings. The molecule has 0 saturated carbocycles. The highest BCUT2D eigenvalue weighted by atomic mass is 32.2.